The molecule has 32 heavy (non-hydrogen) atoms. The normalized spacial score (nSPS) is 14.3. The van der Waals surface area contributed by atoms with Crippen LogP contribution in [0, 0.1) is 0 Å². The number of rotatable bonds is 9. The van der Waals surface area contributed by atoms with Crippen molar-refractivity contribution in [2.24, 2.45) is 0 Å². The molecule has 3 rings (SSSR count). The van der Waals surface area contributed by atoms with Gasteiger partial charge in [-0.2, -0.15) is 0 Å². The van der Waals surface area contributed by atoms with Gasteiger partial charge in [0.2, 0.25) is 5.91 Å². The molecule has 2 amide bonds. The summed E-state index contributed by atoms with van der Waals surface area (Å²) in [5, 5.41) is 23.5. The van der Waals surface area contributed by atoms with Crippen LogP contribution in [-0.2, 0) is 14.3 Å². The van der Waals surface area contributed by atoms with E-state index in [9.17, 15) is 19.5 Å². The Hall–Kier alpha value is -3.65. The maximum atomic E-state index is 12.1. The van der Waals surface area contributed by atoms with Crippen LogP contribution >= 0.6 is 0 Å². The van der Waals surface area contributed by atoms with Crippen LogP contribution in [0.5, 0.6) is 0 Å². The Balaban J connectivity index is 1.43. The first-order valence-electron chi connectivity index (χ1n) is 10.2. The SMILES string of the molecule is CC(O)(CNC(=O)/C=C/CNC(=O)OCC1c2ccccc2-c2ccccc21)CC(=O)O. The summed E-state index contributed by atoms with van der Waals surface area (Å²) in [6, 6.07) is 16.1. The zero-order valence-corrected chi connectivity index (χ0v) is 17.7. The van der Waals surface area contributed by atoms with Crippen LogP contribution < -0.4 is 10.6 Å². The van der Waals surface area contributed by atoms with Gasteiger partial charge in [-0.3, -0.25) is 9.59 Å². The van der Waals surface area contributed by atoms with E-state index >= 15 is 0 Å². The first-order valence-corrected chi connectivity index (χ1v) is 10.2. The van der Waals surface area contributed by atoms with Crippen molar-refractivity contribution >= 4 is 18.0 Å². The topological polar surface area (TPSA) is 125 Å². The first kappa shape index (κ1) is 23.0. The molecule has 0 aliphatic heterocycles. The lowest BCUT2D eigenvalue weighted by Gasteiger charge is -2.20. The highest BCUT2D eigenvalue weighted by Crippen LogP contribution is 2.44. The molecule has 8 nitrogen and oxygen atoms in total. The van der Waals surface area contributed by atoms with E-state index in [4.69, 9.17) is 9.84 Å². The Bertz CT molecular complexity index is 985. The second-order valence-corrected chi connectivity index (χ2v) is 7.89. The van der Waals surface area contributed by atoms with E-state index < -0.39 is 30.0 Å². The minimum absolute atomic E-state index is 0.0342. The molecule has 0 bridgehead atoms. The lowest BCUT2D eigenvalue weighted by atomic mass is 9.98. The molecule has 8 heteroatoms. The number of alkyl carbamates (subject to hydrolysis) is 1. The average molecular weight is 438 g/mol. The van der Waals surface area contributed by atoms with Crippen LogP contribution in [0.4, 0.5) is 4.79 Å². The van der Waals surface area contributed by atoms with Crippen LogP contribution in [0.25, 0.3) is 11.1 Å². The van der Waals surface area contributed by atoms with Gasteiger partial charge < -0.3 is 25.6 Å². The van der Waals surface area contributed by atoms with E-state index in [-0.39, 0.29) is 25.6 Å². The molecule has 1 aliphatic carbocycles. The summed E-state index contributed by atoms with van der Waals surface area (Å²) in [4.78, 5) is 34.5. The van der Waals surface area contributed by atoms with Gasteiger partial charge in [-0.05, 0) is 29.2 Å². The van der Waals surface area contributed by atoms with Crippen molar-refractivity contribution in [3.05, 3.63) is 71.8 Å². The van der Waals surface area contributed by atoms with Crippen molar-refractivity contribution < 1.29 is 29.3 Å². The number of hydrogen-bond donors (Lipinski definition) is 4. The summed E-state index contributed by atoms with van der Waals surface area (Å²) >= 11 is 0. The third-order valence-electron chi connectivity index (χ3n) is 5.15. The fourth-order valence-electron chi connectivity index (χ4n) is 3.68. The standard InChI is InChI=1S/C24H26N2O6/c1-24(31,13-22(28)29)15-26-21(27)11-6-12-25-23(30)32-14-20-18-9-4-2-7-16(18)17-8-3-5-10-19(17)20/h2-11,20,31H,12-15H2,1H3,(H,25,30)(H,26,27)(H,28,29)/b11-6+. The molecule has 4 N–H and O–H groups in total. The minimum Gasteiger partial charge on any atom is -0.481 e. The van der Waals surface area contributed by atoms with Crippen LogP contribution in [0.3, 0.4) is 0 Å². The Labute approximate surface area is 185 Å². The van der Waals surface area contributed by atoms with Crippen molar-refractivity contribution in [3.8, 4) is 11.1 Å². The summed E-state index contributed by atoms with van der Waals surface area (Å²) in [6.07, 6.45) is 1.55. The molecule has 2 aromatic rings. The van der Waals surface area contributed by atoms with Crippen LogP contribution in [0.15, 0.2) is 60.7 Å². The fraction of sp³-hybridized carbons (Fsp3) is 0.292. The zero-order valence-electron chi connectivity index (χ0n) is 17.7. The summed E-state index contributed by atoms with van der Waals surface area (Å²) < 4.78 is 5.40. The molecule has 0 aromatic heterocycles. The van der Waals surface area contributed by atoms with E-state index in [2.05, 4.69) is 22.8 Å². The maximum absolute atomic E-state index is 12.1. The van der Waals surface area contributed by atoms with Crippen molar-refractivity contribution in [2.45, 2.75) is 24.9 Å². The average Bonchev–Trinajstić information content (AvgIpc) is 3.07. The third-order valence-corrected chi connectivity index (χ3v) is 5.15. The molecule has 1 atom stereocenters. The molecular formula is C24H26N2O6. The van der Waals surface area contributed by atoms with E-state index in [1.165, 1.54) is 19.1 Å². The molecule has 168 valence electrons. The fourth-order valence-corrected chi connectivity index (χ4v) is 3.68. The van der Waals surface area contributed by atoms with Crippen LogP contribution in [0.2, 0.25) is 0 Å². The van der Waals surface area contributed by atoms with Crippen molar-refractivity contribution in [1.29, 1.82) is 0 Å². The number of fused-ring (bicyclic) bond motifs is 3. The van der Waals surface area contributed by atoms with Gasteiger partial charge in [-0.1, -0.05) is 54.6 Å². The first-order chi connectivity index (χ1) is 15.3. The van der Waals surface area contributed by atoms with Gasteiger partial charge in [0.1, 0.15) is 6.61 Å². The molecule has 0 saturated heterocycles. The molecule has 0 spiro atoms. The van der Waals surface area contributed by atoms with E-state index in [0.717, 1.165) is 22.3 Å². The maximum Gasteiger partial charge on any atom is 0.407 e. The Kier molecular flexibility index (Phi) is 7.27. The molecule has 0 heterocycles. The number of carboxylic acids is 1. The van der Waals surface area contributed by atoms with Crippen LogP contribution in [0.1, 0.15) is 30.4 Å². The number of aliphatic hydroxyl groups is 1. The number of ether oxygens (including phenoxy) is 1. The highest BCUT2D eigenvalue weighted by Gasteiger charge is 2.29. The number of nitrogens with one attached hydrogen (secondary N) is 2. The van der Waals surface area contributed by atoms with Crippen molar-refractivity contribution in [1.82, 2.24) is 10.6 Å². The number of carboxylic acid groups (broad SMARTS) is 1. The largest absolute Gasteiger partial charge is 0.481 e. The third kappa shape index (κ3) is 5.95. The van der Waals surface area contributed by atoms with E-state index in [1.807, 2.05) is 36.4 Å². The van der Waals surface area contributed by atoms with Gasteiger partial charge in [0.15, 0.2) is 0 Å². The predicted molar refractivity (Wildman–Crippen MR) is 118 cm³/mol. The molecule has 1 unspecified atom stereocenters. The summed E-state index contributed by atoms with van der Waals surface area (Å²) in [6.45, 7) is 1.39. The van der Waals surface area contributed by atoms with Crippen LogP contribution in [-0.4, -0.2) is 53.5 Å². The molecule has 0 saturated carbocycles. The summed E-state index contributed by atoms with van der Waals surface area (Å²) in [5.41, 5.74) is 2.99. The predicted octanol–water partition coefficient (Wildman–Crippen LogP) is 2.42. The van der Waals surface area contributed by atoms with Gasteiger partial charge in [0.25, 0.3) is 0 Å². The molecule has 0 radical (unpaired) electrons. The second-order valence-electron chi connectivity index (χ2n) is 7.89. The lowest BCUT2D eigenvalue weighted by molar-refractivity contribution is -0.142. The Morgan fingerprint density at radius 1 is 1.03 bits per heavy atom. The molecule has 0 fully saturated rings. The Morgan fingerprint density at radius 2 is 1.62 bits per heavy atom. The van der Waals surface area contributed by atoms with Crippen molar-refractivity contribution in [3.63, 3.8) is 0 Å². The smallest absolute Gasteiger partial charge is 0.407 e. The number of amides is 2. The zero-order chi connectivity index (χ0) is 23.1. The molecular weight excluding hydrogens is 412 g/mol. The summed E-state index contributed by atoms with van der Waals surface area (Å²) in [5.74, 6) is -1.70. The number of benzene rings is 2. The number of carbonyl (C=O) groups is 3. The Morgan fingerprint density at radius 3 is 2.22 bits per heavy atom. The lowest BCUT2D eigenvalue weighted by Crippen LogP contribution is -2.41. The van der Waals surface area contributed by atoms with Gasteiger partial charge in [0, 0.05) is 25.1 Å². The van der Waals surface area contributed by atoms with Gasteiger partial charge in [-0.25, -0.2) is 4.79 Å². The summed E-state index contributed by atoms with van der Waals surface area (Å²) in [7, 11) is 0. The monoisotopic (exact) mass is 438 g/mol. The van der Waals surface area contributed by atoms with Crippen molar-refractivity contribution in [2.75, 3.05) is 19.7 Å². The van der Waals surface area contributed by atoms with E-state index in [1.54, 1.807) is 0 Å². The molecule has 2 aromatic carbocycles. The second kappa shape index (κ2) is 10.1. The van der Waals surface area contributed by atoms with Gasteiger partial charge in [-0.15, -0.1) is 0 Å². The minimum atomic E-state index is -1.55. The quantitative estimate of drug-likeness (QED) is 0.446. The molecule has 1 aliphatic rings. The highest BCUT2D eigenvalue weighted by molar-refractivity contribution is 5.87. The number of carbonyl (C=O) groups excluding carboxylic acids is 2. The number of hydrogen-bond acceptors (Lipinski definition) is 5. The van der Waals surface area contributed by atoms with Gasteiger partial charge in [0.05, 0.1) is 12.0 Å². The number of aliphatic carboxylic acids is 1. The van der Waals surface area contributed by atoms with E-state index in [0.29, 0.717) is 0 Å². The highest BCUT2D eigenvalue weighted by atomic mass is 16.5. The van der Waals surface area contributed by atoms with Gasteiger partial charge >= 0.3 is 12.1 Å².